The van der Waals surface area contributed by atoms with Crippen molar-refractivity contribution < 1.29 is 9.53 Å². The molecule has 0 radical (unpaired) electrons. The molecule has 1 aliphatic heterocycles. The van der Waals surface area contributed by atoms with Crippen LogP contribution >= 0.6 is 11.6 Å². The van der Waals surface area contributed by atoms with Crippen LogP contribution in [0.25, 0.3) is 0 Å². The summed E-state index contributed by atoms with van der Waals surface area (Å²) >= 11 is 5.27. The molecule has 1 saturated heterocycles. The van der Waals surface area contributed by atoms with Crippen molar-refractivity contribution in [3.05, 3.63) is 0 Å². The van der Waals surface area contributed by atoms with Crippen molar-refractivity contribution in [3.8, 4) is 0 Å². The SMILES string of the molecule is CC1CN(CCC(=O)Cl)CC(C)O1. The minimum Gasteiger partial charge on any atom is -0.373 e. The molecule has 0 aromatic rings. The van der Waals surface area contributed by atoms with Crippen LogP contribution in [0.5, 0.6) is 0 Å². The first-order valence-electron chi connectivity index (χ1n) is 4.64. The maximum Gasteiger partial charge on any atom is 0.222 e. The van der Waals surface area contributed by atoms with Gasteiger partial charge in [0.1, 0.15) is 0 Å². The van der Waals surface area contributed by atoms with Gasteiger partial charge in [-0.15, -0.1) is 0 Å². The number of morpholine rings is 1. The Balaban J connectivity index is 2.28. The van der Waals surface area contributed by atoms with E-state index in [1.165, 1.54) is 0 Å². The van der Waals surface area contributed by atoms with E-state index in [0.717, 1.165) is 19.6 Å². The van der Waals surface area contributed by atoms with Gasteiger partial charge in [0.2, 0.25) is 5.24 Å². The highest BCUT2D eigenvalue weighted by atomic mass is 35.5. The second-order valence-corrected chi connectivity index (χ2v) is 4.04. The maximum absolute atomic E-state index is 10.6. The standard InChI is InChI=1S/C9H16ClNO2/c1-7-5-11(4-3-9(10)12)6-8(2)13-7/h7-8H,3-6H2,1-2H3. The summed E-state index contributed by atoms with van der Waals surface area (Å²) in [6, 6.07) is 0. The van der Waals surface area contributed by atoms with Gasteiger partial charge in [0.05, 0.1) is 12.2 Å². The van der Waals surface area contributed by atoms with Crippen molar-refractivity contribution in [2.45, 2.75) is 32.5 Å². The van der Waals surface area contributed by atoms with E-state index in [9.17, 15) is 4.79 Å². The number of nitrogens with zero attached hydrogens (tertiary/aromatic N) is 1. The Kier molecular flexibility index (Phi) is 4.16. The van der Waals surface area contributed by atoms with Crippen LogP contribution < -0.4 is 0 Å². The number of carbonyl (C=O) groups is 1. The average Bonchev–Trinajstić information content (AvgIpc) is 1.99. The molecule has 0 spiro atoms. The van der Waals surface area contributed by atoms with Crippen LogP contribution in [-0.2, 0) is 9.53 Å². The number of ether oxygens (including phenoxy) is 1. The van der Waals surface area contributed by atoms with Gasteiger partial charge >= 0.3 is 0 Å². The fraction of sp³-hybridized carbons (Fsp3) is 0.889. The van der Waals surface area contributed by atoms with Gasteiger partial charge in [0.15, 0.2) is 0 Å². The molecule has 1 rings (SSSR count). The van der Waals surface area contributed by atoms with Crippen molar-refractivity contribution in [1.29, 1.82) is 0 Å². The number of carbonyl (C=O) groups excluding carboxylic acids is 1. The summed E-state index contributed by atoms with van der Waals surface area (Å²) in [5.41, 5.74) is 0. The molecule has 13 heavy (non-hydrogen) atoms. The van der Waals surface area contributed by atoms with Crippen molar-refractivity contribution >= 4 is 16.8 Å². The van der Waals surface area contributed by atoms with Gasteiger partial charge in [-0.2, -0.15) is 0 Å². The zero-order valence-electron chi connectivity index (χ0n) is 8.12. The lowest BCUT2D eigenvalue weighted by Gasteiger charge is -2.34. The molecule has 0 amide bonds. The Morgan fingerprint density at radius 1 is 1.46 bits per heavy atom. The minimum absolute atomic E-state index is 0.258. The molecule has 0 N–H and O–H groups in total. The van der Waals surface area contributed by atoms with Crippen LogP contribution in [0.15, 0.2) is 0 Å². The molecule has 0 bridgehead atoms. The number of hydrogen-bond donors (Lipinski definition) is 0. The van der Waals surface area contributed by atoms with E-state index in [0.29, 0.717) is 6.42 Å². The van der Waals surface area contributed by atoms with Crippen molar-refractivity contribution in [2.24, 2.45) is 0 Å². The molecule has 0 aliphatic carbocycles. The highest BCUT2D eigenvalue weighted by Gasteiger charge is 2.21. The molecule has 1 aliphatic rings. The number of hydrogen-bond acceptors (Lipinski definition) is 3. The third kappa shape index (κ3) is 4.07. The van der Waals surface area contributed by atoms with E-state index < -0.39 is 0 Å². The molecule has 0 aromatic carbocycles. The molecule has 3 nitrogen and oxygen atoms in total. The van der Waals surface area contributed by atoms with E-state index in [1.807, 2.05) is 13.8 Å². The molecule has 0 aromatic heterocycles. The smallest absolute Gasteiger partial charge is 0.222 e. The van der Waals surface area contributed by atoms with Gasteiger partial charge in [0, 0.05) is 26.1 Å². The zero-order chi connectivity index (χ0) is 9.84. The zero-order valence-corrected chi connectivity index (χ0v) is 8.88. The minimum atomic E-state index is -0.258. The molecular formula is C9H16ClNO2. The number of halogens is 1. The Morgan fingerprint density at radius 2 is 2.00 bits per heavy atom. The topological polar surface area (TPSA) is 29.5 Å². The summed E-state index contributed by atoms with van der Waals surface area (Å²) in [5.74, 6) is 0. The summed E-state index contributed by atoms with van der Waals surface area (Å²) in [7, 11) is 0. The van der Waals surface area contributed by atoms with E-state index in [4.69, 9.17) is 16.3 Å². The van der Waals surface area contributed by atoms with Gasteiger partial charge in [0.25, 0.3) is 0 Å². The lowest BCUT2D eigenvalue weighted by atomic mass is 10.2. The molecule has 2 atom stereocenters. The van der Waals surface area contributed by atoms with Gasteiger partial charge < -0.3 is 4.74 Å². The second kappa shape index (κ2) is 4.94. The quantitative estimate of drug-likeness (QED) is 0.650. The van der Waals surface area contributed by atoms with E-state index in [1.54, 1.807) is 0 Å². The monoisotopic (exact) mass is 205 g/mol. The van der Waals surface area contributed by atoms with Crippen LogP contribution in [0.3, 0.4) is 0 Å². The summed E-state index contributed by atoms with van der Waals surface area (Å²) in [6.45, 7) is 6.64. The first-order chi connectivity index (χ1) is 6.08. The molecule has 76 valence electrons. The normalized spacial score (nSPS) is 30.4. The second-order valence-electron chi connectivity index (χ2n) is 3.62. The van der Waals surface area contributed by atoms with E-state index >= 15 is 0 Å². The summed E-state index contributed by atoms with van der Waals surface area (Å²) in [5, 5.41) is -0.258. The Labute approximate surface area is 84.0 Å². The largest absolute Gasteiger partial charge is 0.373 e. The predicted octanol–water partition coefficient (Wildman–Crippen LogP) is 1.25. The Bertz CT molecular complexity index is 176. The van der Waals surface area contributed by atoms with Gasteiger partial charge in [-0.05, 0) is 25.4 Å². The van der Waals surface area contributed by atoms with E-state index in [-0.39, 0.29) is 17.5 Å². The third-order valence-corrected chi connectivity index (χ3v) is 2.31. The van der Waals surface area contributed by atoms with Crippen molar-refractivity contribution in [2.75, 3.05) is 19.6 Å². The highest BCUT2D eigenvalue weighted by molar-refractivity contribution is 6.63. The van der Waals surface area contributed by atoms with E-state index in [2.05, 4.69) is 4.90 Å². The Morgan fingerprint density at radius 3 is 2.46 bits per heavy atom. The molecule has 2 unspecified atom stereocenters. The lowest BCUT2D eigenvalue weighted by molar-refractivity contribution is -0.113. The van der Waals surface area contributed by atoms with Crippen LogP contribution in [0.4, 0.5) is 0 Å². The Hall–Kier alpha value is -0.120. The highest BCUT2D eigenvalue weighted by Crippen LogP contribution is 2.10. The fourth-order valence-corrected chi connectivity index (χ4v) is 1.80. The molecule has 1 fully saturated rings. The average molecular weight is 206 g/mol. The van der Waals surface area contributed by atoms with Gasteiger partial charge in [-0.1, -0.05) is 0 Å². The summed E-state index contributed by atoms with van der Waals surface area (Å²) < 4.78 is 5.56. The first-order valence-corrected chi connectivity index (χ1v) is 5.02. The van der Waals surface area contributed by atoms with Crippen LogP contribution in [-0.4, -0.2) is 42.0 Å². The van der Waals surface area contributed by atoms with Gasteiger partial charge in [-0.3, -0.25) is 9.69 Å². The summed E-state index contributed by atoms with van der Waals surface area (Å²) in [6.07, 6.45) is 0.949. The summed E-state index contributed by atoms with van der Waals surface area (Å²) in [4.78, 5) is 12.8. The lowest BCUT2D eigenvalue weighted by Crippen LogP contribution is -2.45. The first kappa shape index (κ1) is 11.0. The van der Waals surface area contributed by atoms with Crippen LogP contribution in [0.1, 0.15) is 20.3 Å². The van der Waals surface area contributed by atoms with Crippen molar-refractivity contribution in [1.82, 2.24) is 4.90 Å². The molecular weight excluding hydrogens is 190 g/mol. The molecule has 1 heterocycles. The predicted molar refractivity (Wildman–Crippen MR) is 51.9 cm³/mol. The van der Waals surface area contributed by atoms with Gasteiger partial charge in [-0.25, -0.2) is 0 Å². The van der Waals surface area contributed by atoms with Crippen molar-refractivity contribution in [3.63, 3.8) is 0 Å². The fourth-order valence-electron chi connectivity index (χ4n) is 1.71. The molecule has 4 heteroatoms. The third-order valence-electron chi connectivity index (χ3n) is 2.12. The van der Waals surface area contributed by atoms with Crippen LogP contribution in [0, 0.1) is 0 Å². The maximum atomic E-state index is 10.6. The molecule has 0 saturated carbocycles. The van der Waals surface area contributed by atoms with Crippen LogP contribution in [0.2, 0.25) is 0 Å². The number of rotatable bonds is 3.